The molecule has 4 N–H and O–H groups in total. The maximum atomic E-state index is 11.7. The number of H-pyrrole nitrogens is 1. The van der Waals surface area contributed by atoms with Crippen molar-refractivity contribution in [3.05, 3.63) is 18.2 Å². The Bertz CT molecular complexity index is 500. The molecule has 0 spiro atoms. The van der Waals surface area contributed by atoms with Crippen LogP contribution in [0.3, 0.4) is 0 Å². The van der Waals surface area contributed by atoms with Crippen molar-refractivity contribution in [2.45, 2.75) is 25.4 Å². The summed E-state index contributed by atoms with van der Waals surface area (Å²) in [7, 11) is 3.13. The Morgan fingerprint density at radius 2 is 2.05 bits per heavy atom. The summed E-state index contributed by atoms with van der Waals surface area (Å²) in [4.78, 5) is 42.4. The standard InChI is InChI=1S/C12H19N5O4/c1-7(10(18)17(2)3)15-12(21)16-9(11(19)20)4-8-5-13-6-14-8/h5-7,9H,4H2,1-3H3,(H,13,14)(H,19,20)(H2,15,16,21)/t7?,9-/m1/s1. The number of imidazole rings is 1. The summed E-state index contributed by atoms with van der Waals surface area (Å²) in [5.74, 6) is -1.46. The number of likely N-dealkylation sites (N-methyl/N-ethyl adjacent to an activating group) is 1. The quantitative estimate of drug-likeness (QED) is 0.545. The number of rotatable bonds is 6. The fourth-order valence-corrected chi connectivity index (χ4v) is 1.66. The van der Waals surface area contributed by atoms with Crippen LogP contribution in [0.4, 0.5) is 4.79 Å². The van der Waals surface area contributed by atoms with Gasteiger partial charge in [-0.1, -0.05) is 0 Å². The van der Waals surface area contributed by atoms with Gasteiger partial charge in [0.15, 0.2) is 0 Å². The molecular weight excluding hydrogens is 278 g/mol. The number of carbonyl (C=O) groups is 3. The van der Waals surface area contributed by atoms with Crippen LogP contribution in [0.5, 0.6) is 0 Å². The normalized spacial score (nSPS) is 13.1. The molecule has 0 saturated heterocycles. The van der Waals surface area contributed by atoms with Crippen LogP contribution in [0.25, 0.3) is 0 Å². The maximum Gasteiger partial charge on any atom is 0.326 e. The molecule has 0 saturated carbocycles. The van der Waals surface area contributed by atoms with Crippen LogP contribution in [-0.2, 0) is 16.0 Å². The van der Waals surface area contributed by atoms with Gasteiger partial charge in [0, 0.05) is 32.4 Å². The molecule has 9 heteroatoms. The van der Waals surface area contributed by atoms with Gasteiger partial charge in [0.05, 0.1) is 6.33 Å². The van der Waals surface area contributed by atoms with Crippen LogP contribution < -0.4 is 10.6 Å². The zero-order chi connectivity index (χ0) is 16.0. The lowest BCUT2D eigenvalue weighted by Crippen LogP contribution is -2.52. The molecule has 1 rings (SSSR count). The molecule has 3 amide bonds. The van der Waals surface area contributed by atoms with Crippen molar-refractivity contribution in [3.63, 3.8) is 0 Å². The number of aromatic nitrogens is 2. The lowest BCUT2D eigenvalue weighted by Gasteiger charge is -2.20. The predicted molar refractivity (Wildman–Crippen MR) is 73.5 cm³/mol. The van der Waals surface area contributed by atoms with Crippen LogP contribution in [0.1, 0.15) is 12.6 Å². The van der Waals surface area contributed by atoms with Crippen molar-refractivity contribution in [2.75, 3.05) is 14.1 Å². The summed E-state index contributed by atoms with van der Waals surface area (Å²) in [5.41, 5.74) is 0.583. The third kappa shape index (κ3) is 5.13. The van der Waals surface area contributed by atoms with E-state index in [1.54, 1.807) is 14.1 Å². The summed E-state index contributed by atoms with van der Waals surface area (Å²) >= 11 is 0. The molecule has 116 valence electrons. The van der Waals surface area contributed by atoms with Crippen molar-refractivity contribution >= 4 is 17.9 Å². The molecule has 1 aromatic heterocycles. The first-order valence-corrected chi connectivity index (χ1v) is 6.29. The number of hydrogen-bond donors (Lipinski definition) is 4. The summed E-state index contributed by atoms with van der Waals surface area (Å²) in [6, 6.07) is -2.58. The first kappa shape index (κ1) is 16.5. The van der Waals surface area contributed by atoms with E-state index in [4.69, 9.17) is 5.11 Å². The Balaban J connectivity index is 2.57. The average Bonchev–Trinajstić information content (AvgIpc) is 2.89. The molecule has 1 heterocycles. The van der Waals surface area contributed by atoms with Gasteiger partial charge in [0.2, 0.25) is 5.91 Å². The van der Waals surface area contributed by atoms with Crippen LogP contribution >= 0.6 is 0 Å². The van der Waals surface area contributed by atoms with Gasteiger partial charge in [-0.25, -0.2) is 14.6 Å². The highest BCUT2D eigenvalue weighted by Gasteiger charge is 2.23. The first-order valence-electron chi connectivity index (χ1n) is 6.29. The van der Waals surface area contributed by atoms with E-state index >= 15 is 0 Å². The number of nitrogens with one attached hydrogen (secondary N) is 3. The van der Waals surface area contributed by atoms with Crippen molar-refractivity contribution in [2.24, 2.45) is 0 Å². The number of nitrogens with zero attached hydrogens (tertiary/aromatic N) is 2. The van der Waals surface area contributed by atoms with E-state index in [9.17, 15) is 14.4 Å². The van der Waals surface area contributed by atoms with Gasteiger partial charge in [0.1, 0.15) is 12.1 Å². The number of carboxylic acids is 1. The first-order chi connectivity index (χ1) is 9.81. The third-order valence-corrected chi connectivity index (χ3v) is 2.74. The fourth-order valence-electron chi connectivity index (χ4n) is 1.66. The minimum atomic E-state index is -1.17. The minimum Gasteiger partial charge on any atom is -0.480 e. The zero-order valence-electron chi connectivity index (χ0n) is 12.1. The molecule has 0 radical (unpaired) electrons. The highest BCUT2D eigenvalue weighted by atomic mass is 16.4. The summed E-state index contributed by atoms with van der Waals surface area (Å²) in [6.07, 6.45) is 2.97. The fraction of sp³-hybridized carbons (Fsp3) is 0.500. The smallest absolute Gasteiger partial charge is 0.326 e. The monoisotopic (exact) mass is 297 g/mol. The molecule has 2 atom stereocenters. The van der Waals surface area contributed by atoms with E-state index in [1.165, 1.54) is 24.3 Å². The minimum absolute atomic E-state index is 0.0682. The van der Waals surface area contributed by atoms with Crippen molar-refractivity contribution in [3.8, 4) is 0 Å². The molecule has 0 aromatic carbocycles. The number of hydrogen-bond acceptors (Lipinski definition) is 4. The molecule has 0 aliphatic rings. The van der Waals surface area contributed by atoms with Gasteiger partial charge in [-0.3, -0.25) is 4.79 Å². The molecule has 0 aliphatic carbocycles. The van der Waals surface area contributed by atoms with Gasteiger partial charge in [0.25, 0.3) is 0 Å². The Hall–Kier alpha value is -2.58. The van der Waals surface area contributed by atoms with E-state index in [0.29, 0.717) is 5.69 Å². The molecular formula is C12H19N5O4. The molecule has 1 unspecified atom stereocenters. The molecule has 0 bridgehead atoms. The molecule has 21 heavy (non-hydrogen) atoms. The Morgan fingerprint density at radius 1 is 1.38 bits per heavy atom. The van der Waals surface area contributed by atoms with Crippen LogP contribution in [0.2, 0.25) is 0 Å². The number of aromatic amines is 1. The topological polar surface area (TPSA) is 127 Å². The van der Waals surface area contributed by atoms with Crippen LogP contribution in [0, 0.1) is 0 Å². The lowest BCUT2D eigenvalue weighted by molar-refractivity contribution is -0.139. The van der Waals surface area contributed by atoms with E-state index in [0.717, 1.165) is 0 Å². The number of carboxylic acid groups (broad SMARTS) is 1. The van der Waals surface area contributed by atoms with E-state index in [-0.39, 0.29) is 12.3 Å². The van der Waals surface area contributed by atoms with E-state index in [1.807, 2.05) is 0 Å². The number of carbonyl (C=O) groups excluding carboxylic acids is 2. The number of amides is 3. The largest absolute Gasteiger partial charge is 0.480 e. The Kier molecular flexibility index (Phi) is 5.70. The second-order valence-electron chi connectivity index (χ2n) is 4.74. The van der Waals surface area contributed by atoms with Crippen molar-refractivity contribution in [1.82, 2.24) is 25.5 Å². The van der Waals surface area contributed by atoms with Gasteiger partial charge >= 0.3 is 12.0 Å². The maximum absolute atomic E-state index is 11.7. The second-order valence-corrected chi connectivity index (χ2v) is 4.74. The van der Waals surface area contributed by atoms with E-state index in [2.05, 4.69) is 20.6 Å². The highest BCUT2D eigenvalue weighted by molar-refractivity contribution is 5.88. The third-order valence-electron chi connectivity index (χ3n) is 2.74. The van der Waals surface area contributed by atoms with Gasteiger partial charge < -0.3 is 25.6 Å². The number of aliphatic carboxylic acids is 1. The SMILES string of the molecule is CC(NC(=O)N[C@H](Cc1cnc[nH]1)C(=O)O)C(=O)N(C)C. The summed E-state index contributed by atoms with van der Waals surface area (Å²) < 4.78 is 0. The molecule has 1 aromatic rings. The second kappa shape index (κ2) is 7.27. The Labute approximate surface area is 121 Å². The van der Waals surface area contributed by atoms with E-state index < -0.39 is 24.1 Å². The highest BCUT2D eigenvalue weighted by Crippen LogP contribution is 1.99. The van der Waals surface area contributed by atoms with Crippen molar-refractivity contribution < 1.29 is 19.5 Å². The predicted octanol–water partition coefficient (Wildman–Crippen LogP) is -0.819. The van der Waals surface area contributed by atoms with Crippen molar-refractivity contribution in [1.29, 1.82) is 0 Å². The average molecular weight is 297 g/mol. The zero-order valence-corrected chi connectivity index (χ0v) is 12.1. The number of urea groups is 1. The molecule has 9 nitrogen and oxygen atoms in total. The van der Waals surface area contributed by atoms with Crippen LogP contribution in [0.15, 0.2) is 12.5 Å². The Morgan fingerprint density at radius 3 is 2.52 bits per heavy atom. The summed E-state index contributed by atoms with van der Waals surface area (Å²) in [5, 5.41) is 13.8. The molecule has 0 aliphatic heterocycles. The van der Waals surface area contributed by atoms with Gasteiger partial charge in [-0.2, -0.15) is 0 Å². The summed E-state index contributed by atoms with van der Waals surface area (Å²) in [6.45, 7) is 1.52. The van der Waals surface area contributed by atoms with Gasteiger partial charge in [-0.05, 0) is 6.92 Å². The van der Waals surface area contributed by atoms with Crippen LogP contribution in [-0.4, -0.2) is 64.1 Å². The van der Waals surface area contributed by atoms with Gasteiger partial charge in [-0.15, -0.1) is 0 Å². The molecule has 0 fully saturated rings. The lowest BCUT2D eigenvalue weighted by atomic mass is 10.1.